The van der Waals surface area contributed by atoms with E-state index in [-0.39, 0.29) is 5.91 Å². The van der Waals surface area contributed by atoms with Gasteiger partial charge in [0, 0.05) is 38.4 Å². The highest BCUT2D eigenvalue weighted by molar-refractivity contribution is 5.93. The number of nitrogens with one attached hydrogen (secondary N) is 1. The molecule has 1 aliphatic rings. The summed E-state index contributed by atoms with van der Waals surface area (Å²) in [5.41, 5.74) is 1.33. The molecule has 0 radical (unpaired) electrons. The lowest BCUT2D eigenvalue weighted by Crippen LogP contribution is -2.28. The molecule has 1 aromatic heterocycles. The lowest BCUT2D eigenvalue weighted by molar-refractivity contribution is 0.0787. The molecule has 0 atom stereocenters. The van der Waals surface area contributed by atoms with E-state index >= 15 is 0 Å². The fourth-order valence-corrected chi connectivity index (χ4v) is 2.73. The van der Waals surface area contributed by atoms with Gasteiger partial charge in [0.2, 0.25) is 0 Å². The molecule has 1 amide bonds. The maximum absolute atomic E-state index is 12.7. The molecule has 2 heterocycles. The second-order valence-electron chi connectivity index (χ2n) is 5.75. The Morgan fingerprint density at radius 1 is 1.21 bits per heavy atom. The highest BCUT2D eigenvalue weighted by Gasteiger charge is 2.22. The van der Waals surface area contributed by atoms with Crippen LogP contribution >= 0.6 is 0 Å². The zero-order chi connectivity index (χ0) is 16.8. The van der Waals surface area contributed by atoms with Gasteiger partial charge in [-0.1, -0.05) is 30.3 Å². The normalized spacial score (nSPS) is 14.0. The molecule has 24 heavy (non-hydrogen) atoms. The smallest absolute Gasteiger partial charge is 0.272 e. The zero-order valence-electron chi connectivity index (χ0n) is 13.9. The molecule has 1 fully saturated rings. The van der Waals surface area contributed by atoms with Gasteiger partial charge in [-0.15, -0.1) is 0 Å². The zero-order valence-corrected chi connectivity index (χ0v) is 13.9. The fraction of sp³-hybridized carbons (Fsp3) is 0.389. The summed E-state index contributed by atoms with van der Waals surface area (Å²) in [6, 6.07) is 11.4. The molecule has 1 aliphatic heterocycles. The topological polar surface area (TPSA) is 67.3 Å². The first-order chi connectivity index (χ1) is 11.8. The number of aromatic nitrogens is 2. The highest BCUT2D eigenvalue weighted by Crippen LogP contribution is 2.20. The van der Waals surface area contributed by atoms with Gasteiger partial charge in [-0.25, -0.2) is 9.97 Å². The summed E-state index contributed by atoms with van der Waals surface area (Å²) in [6.45, 7) is 2.80. The van der Waals surface area contributed by atoms with E-state index in [2.05, 4.69) is 15.3 Å². The lowest BCUT2D eigenvalue weighted by Gasteiger charge is -2.16. The summed E-state index contributed by atoms with van der Waals surface area (Å²) in [7, 11) is 1.65. The number of nitrogens with zero attached hydrogens (tertiary/aromatic N) is 3. The van der Waals surface area contributed by atoms with Crippen LogP contribution in [0, 0.1) is 0 Å². The van der Waals surface area contributed by atoms with Crippen LogP contribution in [0.3, 0.4) is 0 Å². The van der Waals surface area contributed by atoms with Crippen LogP contribution in [0.2, 0.25) is 0 Å². The number of hydrogen-bond donors (Lipinski definition) is 1. The van der Waals surface area contributed by atoms with Crippen LogP contribution < -0.4 is 5.32 Å². The van der Waals surface area contributed by atoms with Crippen molar-refractivity contribution in [1.29, 1.82) is 0 Å². The summed E-state index contributed by atoms with van der Waals surface area (Å²) < 4.78 is 5.06. The van der Waals surface area contributed by atoms with Crippen LogP contribution in [0.5, 0.6) is 0 Å². The number of ether oxygens (including phenoxy) is 1. The van der Waals surface area contributed by atoms with Crippen LogP contribution in [0.4, 0.5) is 5.82 Å². The van der Waals surface area contributed by atoms with E-state index in [1.54, 1.807) is 13.2 Å². The van der Waals surface area contributed by atoms with Crippen LogP contribution in [0.25, 0.3) is 11.4 Å². The molecular formula is C18H22N4O2. The van der Waals surface area contributed by atoms with Crippen molar-refractivity contribution in [3.05, 3.63) is 42.1 Å². The van der Waals surface area contributed by atoms with Gasteiger partial charge >= 0.3 is 0 Å². The van der Waals surface area contributed by atoms with E-state index in [4.69, 9.17) is 4.74 Å². The van der Waals surface area contributed by atoms with E-state index in [1.807, 2.05) is 35.2 Å². The number of carbonyl (C=O) groups excluding carboxylic acids is 1. The van der Waals surface area contributed by atoms with Crippen LogP contribution in [-0.2, 0) is 4.74 Å². The van der Waals surface area contributed by atoms with Gasteiger partial charge in [0.25, 0.3) is 5.91 Å². The first-order valence-electron chi connectivity index (χ1n) is 8.24. The number of benzene rings is 1. The van der Waals surface area contributed by atoms with Crippen molar-refractivity contribution < 1.29 is 9.53 Å². The largest absolute Gasteiger partial charge is 0.383 e. The molecule has 0 aliphatic carbocycles. The van der Waals surface area contributed by atoms with Crippen molar-refractivity contribution in [3.63, 3.8) is 0 Å². The minimum atomic E-state index is -0.0260. The molecule has 6 nitrogen and oxygen atoms in total. The van der Waals surface area contributed by atoms with Crippen molar-refractivity contribution in [2.45, 2.75) is 12.8 Å². The number of rotatable bonds is 6. The average Bonchev–Trinajstić information content (AvgIpc) is 3.16. The molecular weight excluding hydrogens is 304 g/mol. The number of hydrogen-bond acceptors (Lipinski definition) is 5. The average molecular weight is 326 g/mol. The minimum absolute atomic E-state index is 0.0260. The molecule has 0 bridgehead atoms. The summed E-state index contributed by atoms with van der Waals surface area (Å²) in [5.74, 6) is 1.17. The summed E-state index contributed by atoms with van der Waals surface area (Å²) in [6.07, 6.45) is 2.11. The maximum atomic E-state index is 12.7. The first-order valence-corrected chi connectivity index (χ1v) is 8.24. The number of likely N-dealkylation sites (tertiary alicyclic amines) is 1. The predicted octanol–water partition coefficient (Wildman–Crippen LogP) is 2.44. The molecule has 1 N–H and O–H groups in total. The van der Waals surface area contributed by atoms with Crippen molar-refractivity contribution in [1.82, 2.24) is 14.9 Å². The second-order valence-corrected chi connectivity index (χ2v) is 5.75. The van der Waals surface area contributed by atoms with Gasteiger partial charge in [0.05, 0.1) is 6.61 Å². The lowest BCUT2D eigenvalue weighted by atomic mass is 10.2. The molecule has 6 heteroatoms. The highest BCUT2D eigenvalue weighted by atomic mass is 16.5. The van der Waals surface area contributed by atoms with Gasteiger partial charge in [0.1, 0.15) is 11.5 Å². The molecule has 0 saturated carbocycles. The molecule has 0 unspecified atom stereocenters. The van der Waals surface area contributed by atoms with E-state index in [9.17, 15) is 4.79 Å². The SMILES string of the molecule is COCCNc1cc(C(=O)N2CCCC2)nc(-c2ccccc2)n1. The Kier molecular flexibility index (Phi) is 5.38. The monoisotopic (exact) mass is 326 g/mol. The molecule has 1 aromatic carbocycles. The first kappa shape index (κ1) is 16.4. The van der Waals surface area contributed by atoms with Crippen molar-refractivity contribution >= 4 is 11.7 Å². The number of amides is 1. The van der Waals surface area contributed by atoms with Crippen molar-refractivity contribution in [3.8, 4) is 11.4 Å². The van der Waals surface area contributed by atoms with E-state index in [0.29, 0.717) is 30.5 Å². The summed E-state index contributed by atoms with van der Waals surface area (Å²) in [4.78, 5) is 23.6. The van der Waals surface area contributed by atoms with Gasteiger partial charge in [-0.3, -0.25) is 4.79 Å². The van der Waals surface area contributed by atoms with Crippen LogP contribution in [0.1, 0.15) is 23.3 Å². The number of carbonyl (C=O) groups is 1. The standard InChI is InChI=1S/C18H22N4O2/c1-24-12-9-19-16-13-15(18(23)22-10-5-6-11-22)20-17(21-16)14-7-3-2-4-8-14/h2-4,7-8,13H,5-6,9-12H2,1H3,(H,19,20,21). The van der Waals surface area contributed by atoms with Gasteiger partial charge in [-0.2, -0.15) is 0 Å². The van der Waals surface area contributed by atoms with E-state index < -0.39 is 0 Å². The Morgan fingerprint density at radius 2 is 1.96 bits per heavy atom. The van der Waals surface area contributed by atoms with E-state index in [0.717, 1.165) is 31.5 Å². The van der Waals surface area contributed by atoms with Gasteiger partial charge in [0.15, 0.2) is 5.82 Å². The maximum Gasteiger partial charge on any atom is 0.272 e. The summed E-state index contributed by atoms with van der Waals surface area (Å²) >= 11 is 0. The van der Waals surface area contributed by atoms with Gasteiger partial charge < -0.3 is 15.0 Å². The van der Waals surface area contributed by atoms with Gasteiger partial charge in [-0.05, 0) is 12.8 Å². The van der Waals surface area contributed by atoms with Crippen LogP contribution in [0.15, 0.2) is 36.4 Å². The summed E-state index contributed by atoms with van der Waals surface area (Å²) in [5, 5.41) is 3.19. The molecule has 3 rings (SSSR count). The molecule has 126 valence electrons. The molecule has 0 spiro atoms. The third-order valence-corrected chi connectivity index (χ3v) is 3.98. The van der Waals surface area contributed by atoms with Crippen molar-refractivity contribution in [2.75, 3.05) is 38.7 Å². The Morgan fingerprint density at radius 3 is 2.67 bits per heavy atom. The predicted molar refractivity (Wildman–Crippen MR) is 93.0 cm³/mol. The third-order valence-electron chi connectivity index (χ3n) is 3.98. The second kappa shape index (κ2) is 7.88. The molecule has 2 aromatic rings. The van der Waals surface area contributed by atoms with Crippen molar-refractivity contribution in [2.24, 2.45) is 0 Å². The fourth-order valence-electron chi connectivity index (χ4n) is 2.73. The Bertz CT molecular complexity index is 685. The third kappa shape index (κ3) is 3.89. The Balaban J connectivity index is 1.91. The van der Waals surface area contributed by atoms with Crippen LogP contribution in [-0.4, -0.2) is 54.1 Å². The number of methoxy groups -OCH3 is 1. The Labute approximate surface area is 141 Å². The number of anilines is 1. The molecule has 1 saturated heterocycles. The minimum Gasteiger partial charge on any atom is -0.383 e. The Hall–Kier alpha value is -2.47. The quantitative estimate of drug-likeness (QED) is 0.826. The van der Waals surface area contributed by atoms with E-state index in [1.165, 1.54) is 0 Å².